The number of aryl methyl sites for hydroxylation is 1. The van der Waals surface area contributed by atoms with Crippen molar-refractivity contribution in [1.82, 2.24) is 9.88 Å². The Kier molecular flexibility index (Phi) is 6.94. The molecule has 33 heavy (non-hydrogen) atoms. The van der Waals surface area contributed by atoms with Gasteiger partial charge in [0.1, 0.15) is 0 Å². The number of carbonyl (C=O) groups is 2. The number of anilines is 1. The molecular weight excluding hydrogens is 438 g/mol. The molecule has 1 aromatic heterocycles. The van der Waals surface area contributed by atoms with Crippen LogP contribution in [0, 0.1) is 6.92 Å². The number of methoxy groups -OCH3 is 1. The molecule has 1 aliphatic rings. The fourth-order valence-electron chi connectivity index (χ4n) is 4.05. The third-order valence-corrected chi connectivity index (χ3v) is 6.32. The van der Waals surface area contributed by atoms with Gasteiger partial charge in [-0.3, -0.25) is 9.59 Å². The van der Waals surface area contributed by atoms with E-state index in [1.807, 2.05) is 36.1 Å². The van der Waals surface area contributed by atoms with Crippen LogP contribution in [-0.4, -0.2) is 41.9 Å². The van der Waals surface area contributed by atoms with Gasteiger partial charge < -0.3 is 15.0 Å². The Morgan fingerprint density at radius 2 is 1.73 bits per heavy atom. The summed E-state index contributed by atoms with van der Waals surface area (Å²) in [5.41, 5.74) is 3.73. The number of nitrogens with one attached hydrogen (secondary N) is 1. The number of amides is 2. The quantitative estimate of drug-likeness (QED) is 0.555. The molecule has 1 aliphatic heterocycles. The van der Waals surface area contributed by atoms with Gasteiger partial charge in [-0.2, -0.15) is 0 Å². The molecule has 0 saturated carbocycles. The van der Waals surface area contributed by atoms with Crippen LogP contribution >= 0.6 is 11.6 Å². The van der Waals surface area contributed by atoms with Gasteiger partial charge in [-0.05, 0) is 67.1 Å². The van der Waals surface area contributed by atoms with E-state index < -0.39 is 0 Å². The molecule has 1 fully saturated rings. The summed E-state index contributed by atoms with van der Waals surface area (Å²) in [7, 11) is 1.52. The summed E-state index contributed by atoms with van der Waals surface area (Å²) in [4.78, 5) is 31.8. The number of aromatic nitrogens is 1. The van der Waals surface area contributed by atoms with Gasteiger partial charge in [0.05, 0.1) is 12.7 Å². The van der Waals surface area contributed by atoms with E-state index in [2.05, 4.69) is 22.4 Å². The zero-order chi connectivity index (χ0) is 23.4. The number of hydrogen-bond donors (Lipinski definition) is 1. The van der Waals surface area contributed by atoms with Crippen LogP contribution in [0.5, 0.6) is 5.88 Å². The second-order valence-electron chi connectivity index (χ2n) is 8.19. The van der Waals surface area contributed by atoms with E-state index in [1.165, 1.54) is 18.9 Å². The summed E-state index contributed by atoms with van der Waals surface area (Å²) in [5.74, 6) is 0.556. The van der Waals surface area contributed by atoms with E-state index >= 15 is 0 Å². The van der Waals surface area contributed by atoms with Crippen molar-refractivity contribution in [2.24, 2.45) is 0 Å². The maximum atomic E-state index is 13.1. The highest BCUT2D eigenvalue weighted by Gasteiger charge is 2.25. The number of pyridine rings is 1. The van der Waals surface area contributed by atoms with Crippen LogP contribution in [0.2, 0.25) is 5.02 Å². The Labute approximate surface area is 198 Å². The number of ether oxygens (including phenoxy) is 1. The van der Waals surface area contributed by atoms with E-state index in [0.29, 0.717) is 41.7 Å². The van der Waals surface area contributed by atoms with Crippen molar-refractivity contribution < 1.29 is 14.3 Å². The Balaban J connectivity index is 1.42. The average Bonchev–Trinajstić information content (AvgIpc) is 2.85. The second-order valence-corrected chi connectivity index (χ2v) is 8.63. The second kappa shape index (κ2) is 10.0. The zero-order valence-corrected chi connectivity index (χ0v) is 19.4. The third kappa shape index (κ3) is 5.34. The van der Waals surface area contributed by atoms with Gasteiger partial charge >= 0.3 is 0 Å². The highest BCUT2D eigenvalue weighted by atomic mass is 35.5. The minimum Gasteiger partial charge on any atom is -0.481 e. The molecule has 4 rings (SSSR count). The number of likely N-dealkylation sites (tertiary alicyclic amines) is 1. The van der Waals surface area contributed by atoms with Gasteiger partial charge in [0.25, 0.3) is 11.8 Å². The number of piperidine rings is 1. The first-order chi connectivity index (χ1) is 15.9. The zero-order valence-electron chi connectivity index (χ0n) is 18.7. The summed E-state index contributed by atoms with van der Waals surface area (Å²) >= 11 is 6.00. The lowest BCUT2D eigenvalue weighted by Gasteiger charge is -2.32. The Hall–Kier alpha value is -3.38. The van der Waals surface area contributed by atoms with Gasteiger partial charge in [0.15, 0.2) is 0 Å². The van der Waals surface area contributed by atoms with E-state index in [0.717, 1.165) is 23.4 Å². The topological polar surface area (TPSA) is 71.5 Å². The smallest absolute Gasteiger partial charge is 0.257 e. The summed E-state index contributed by atoms with van der Waals surface area (Å²) in [6, 6.07) is 16.7. The lowest BCUT2D eigenvalue weighted by molar-refractivity contribution is 0.0712. The van der Waals surface area contributed by atoms with Crippen LogP contribution in [0.4, 0.5) is 5.69 Å². The van der Waals surface area contributed by atoms with Crippen LogP contribution in [0.15, 0.2) is 60.8 Å². The van der Waals surface area contributed by atoms with Crippen molar-refractivity contribution in [3.05, 3.63) is 88.1 Å². The molecule has 7 heteroatoms. The molecule has 2 heterocycles. The Morgan fingerprint density at radius 3 is 2.36 bits per heavy atom. The maximum Gasteiger partial charge on any atom is 0.257 e. The molecule has 1 saturated heterocycles. The van der Waals surface area contributed by atoms with Crippen molar-refractivity contribution in [3.63, 3.8) is 0 Å². The third-order valence-electron chi connectivity index (χ3n) is 6.06. The summed E-state index contributed by atoms with van der Waals surface area (Å²) in [6.07, 6.45) is 3.28. The van der Waals surface area contributed by atoms with Gasteiger partial charge in [-0.1, -0.05) is 29.8 Å². The molecule has 0 atom stereocenters. The molecule has 3 aromatic rings. The van der Waals surface area contributed by atoms with Crippen LogP contribution in [0.25, 0.3) is 0 Å². The fourth-order valence-corrected chi connectivity index (χ4v) is 4.18. The monoisotopic (exact) mass is 463 g/mol. The first-order valence-electron chi connectivity index (χ1n) is 10.9. The van der Waals surface area contributed by atoms with Crippen LogP contribution < -0.4 is 10.1 Å². The molecule has 0 unspecified atom stereocenters. The number of nitrogens with zero attached hydrogens (tertiary/aromatic N) is 2. The Bertz CT molecular complexity index is 1140. The number of rotatable bonds is 5. The lowest BCUT2D eigenvalue weighted by atomic mass is 9.89. The first-order valence-corrected chi connectivity index (χ1v) is 11.3. The van der Waals surface area contributed by atoms with Crippen molar-refractivity contribution in [2.75, 3.05) is 25.5 Å². The van der Waals surface area contributed by atoms with E-state index in [4.69, 9.17) is 16.3 Å². The predicted molar refractivity (Wildman–Crippen MR) is 129 cm³/mol. The minimum atomic E-state index is -0.290. The van der Waals surface area contributed by atoms with Crippen molar-refractivity contribution >= 4 is 29.1 Å². The van der Waals surface area contributed by atoms with Gasteiger partial charge in [0, 0.05) is 41.6 Å². The summed E-state index contributed by atoms with van der Waals surface area (Å²) < 4.78 is 5.03. The van der Waals surface area contributed by atoms with Crippen LogP contribution in [-0.2, 0) is 0 Å². The van der Waals surface area contributed by atoms with Gasteiger partial charge in [0.2, 0.25) is 5.88 Å². The van der Waals surface area contributed by atoms with Crippen LogP contribution in [0.1, 0.15) is 50.6 Å². The van der Waals surface area contributed by atoms with Crippen LogP contribution in [0.3, 0.4) is 0 Å². The van der Waals surface area contributed by atoms with Crippen molar-refractivity contribution in [3.8, 4) is 5.88 Å². The number of benzene rings is 2. The molecular formula is C26H26ClN3O3. The molecule has 0 aliphatic carbocycles. The van der Waals surface area contributed by atoms with Crippen molar-refractivity contribution in [2.45, 2.75) is 25.7 Å². The van der Waals surface area contributed by atoms with E-state index in [9.17, 15) is 9.59 Å². The minimum absolute atomic E-state index is 0.0221. The van der Waals surface area contributed by atoms with E-state index in [1.54, 1.807) is 18.2 Å². The number of hydrogen-bond acceptors (Lipinski definition) is 4. The molecule has 6 nitrogen and oxygen atoms in total. The maximum absolute atomic E-state index is 13.1. The predicted octanol–water partition coefficient (Wildman–Crippen LogP) is 5.32. The van der Waals surface area contributed by atoms with Gasteiger partial charge in [-0.15, -0.1) is 0 Å². The molecule has 170 valence electrons. The number of halogens is 1. The van der Waals surface area contributed by atoms with Crippen molar-refractivity contribution in [1.29, 1.82) is 0 Å². The first kappa shape index (κ1) is 22.8. The normalized spacial score (nSPS) is 14.1. The van der Waals surface area contributed by atoms with Gasteiger partial charge in [-0.25, -0.2) is 4.98 Å². The standard InChI is InChI=1S/C26H26ClN3O3/c1-17-3-4-20(15-23(17)29-25(31)21-7-10-24(33-2)28-16-21)26(32)30-13-11-19(12-14-30)18-5-8-22(27)9-6-18/h3-10,15-16,19H,11-14H2,1-2H3,(H,29,31). The van der Waals surface area contributed by atoms with E-state index in [-0.39, 0.29) is 11.8 Å². The fraction of sp³-hybridized carbons (Fsp3) is 0.269. The molecule has 0 bridgehead atoms. The average molecular weight is 464 g/mol. The Morgan fingerprint density at radius 1 is 1.03 bits per heavy atom. The molecule has 1 N–H and O–H groups in total. The summed E-state index contributed by atoms with van der Waals surface area (Å²) in [5, 5.41) is 3.63. The lowest BCUT2D eigenvalue weighted by Crippen LogP contribution is -2.38. The largest absolute Gasteiger partial charge is 0.481 e. The molecule has 2 aromatic carbocycles. The number of carbonyl (C=O) groups excluding carboxylic acids is 2. The highest BCUT2D eigenvalue weighted by Crippen LogP contribution is 2.30. The highest BCUT2D eigenvalue weighted by molar-refractivity contribution is 6.30. The summed E-state index contributed by atoms with van der Waals surface area (Å²) in [6.45, 7) is 3.28. The molecule has 2 amide bonds. The molecule has 0 spiro atoms. The SMILES string of the molecule is COc1ccc(C(=O)Nc2cc(C(=O)N3CCC(c4ccc(Cl)cc4)CC3)ccc2C)cn1. The molecule has 0 radical (unpaired) electrons.